The van der Waals surface area contributed by atoms with E-state index in [1.807, 2.05) is 0 Å². The summed E-state index contributed by atoms with van der Waals surface area (Å²) in [5.41, 5.74) is 0.228. The zero-order chi connectivity index (χ0) is 14.0. The molecule has 2 aromatic rings. The summed E-state index contributed by atoms with van der Waals surface area (Å²) in [6.45, 7) is 0. The van der Waals surface area contributed by atoms with Crippen LogP contribution in [0.2, 0.25) is 5.02 Å². The van der Waals surface area contributed by atoms with E-state index in [9.17, 15) is 19.3 Å². The van der Waals surface area contributed by atoms with Gasteiger partial charge in [-0.05, 0) is 36.4 Å². The van der Waals surface area contributed by atoms with Crippen molar-refractivity contribution in [3.8, 4) is 0 Å². The predicted octanol–water partition coefficient (Wildman–Crippen LogP) is 3.62. The van der Waals surface area contributed by atoms with Crippen molar-refractivity contribution in [1.82, 2.24) is 0 Å². The van der Waals surface area contributed by atoms with E-state index in [2.05, 4.69) is 0 Å². The van der Waals surface area contributed by atoms with Gasteiger partial charge in [-0.15, -0.1) is 0 Å². The molecule has 0 bridgehead atoms. The van der Waals surface area contributed by atoms with Gasteiger partial charge in [-0.25, -0.2) is 4.39 Å². The maximum absolute atomic E-state index is 12.8. The molecule has 0 spiro atoms. The molecule has 0 saturated heterocycles. The van der Waals surface area contributed by atoms with Gasteiger partial charge >= 0.3 is 0 Å². The van der Waals surface area contributed by atoms with Crippen molar-refractivity contribution < 1.29 is 14.1 Å². The SMILES string of the molecule is O=C(c1ccc(F)cc1)c1ccc([N+](=O)[O-])c(Cl)c1. The van der Waals surface area contributed by atoms with Crippen molar-refractivity contribution in [2.24, 2.45) is 0 Å². The lowest BCUT2D eigenvalue weighted by Crippen LogP contribution is -2.02. The first-order chi connectivity index (χ1) is 8.99. The van der Waals surface area contributed by atoms with Crippen molar-refractivity contribution in [3.05, 3.63) is 74.5 Å². The van der Waals surface area contributed by atoms with Crippen molar-refractivity contribution >= 4 is 23.1 Å². The maximum Gasteiger partial charge on any atom is 0.287 e. The third-order valence-corrected chi connectivity index (χ3v) is 2.82. The Hall–Kier alpha value is -2.27. The lowest BCUT2D eigenvalue weighted by atomic mass is 10.0. The molecule has 0 N–H and O–H groups in total. The van der Waals surface area contributed by atoms with E-state index in [1.165, 1.54) is 42.5 Å². The predicted molar refractivity (Wildman–Crippen MR) is 67.9 cm³/mol. The standard InChI is InChI=1S/C13H7ClFNO3/c14-11-7-9(3-6-12(11)16(18)19)13(17)8-1-4-10(15)5-2-8/h1-7H. The van der Waals surface area contributed by atoms with Gasteiger partial charge in [0.15, 0.2) is 5.78 Å². The van der Waals surface area contributed by atoms with E-state index in [4.69, 9.17) is 11.6 Å². The Morgan fingerprint density at radius 3 is 2.21 bits per heavy atom. The van der Waals surface area contributed by atoms with Crippen LogP contribution in [0, 0.1) is 15.9 Å². The van der Waals surface area contributed by atoms with Crippen LogP contribution in [0.5, 0.6) is 0 Å². The van der Waals surface area contributed by atoms with Crippen LogP contribution in [0.15, 0.2) is 42.5 Å². The van der Waals surface area contributed by atoms with Crippen LogP contribution in [0.3, 0.4) is 0 Å². The average molecular weight is 280 g/mol. The molecule has 0 aliphatic carbocycles. The molecule has 0 amide bonds. The fraction of sp³-hybridized carbons (Fsp3) is 0. The van der Waals surface area contributed by atoms with Gasteiger partial charge < -0.3 is 0 Å². The van der Waals surface area contributed by atoms with E-state index in [0.29, 0.717) is 0 Å². The summed E-state index contributed by atoms with van der Waals surface area (Å²) in [6.07, 6.45) is 0. The molecule has 0 aliphatic rings. The molecule has 0 atom stereocenters. The number of hydrogen-bond donors (Lipinski definition) is 0. The molecular formula is C13H7ClFNO3. The smallest absolute Gasteiger partial charge is 0.287 e. The van der Waals surface area contributed by atoms with E-state index in [0.717, 1.165) is 0 Å². The summed E-state index contributed by atoms with van der Waals surface area (Å²) in [7, 11) is 0. The Morgan fingerprint density at radius 2 is 1.68 bits per heavy atom. The highest BCUT2D eigenvalue weighted by Crippen LogP contribution is 2.26. The highest BCUT2D eigenvalue weighted by Gasteiger charge is 2.16. The molecular weight excluding hydrogens is 273 g/mol. The molecule has 0 radical (unpaired) electrons. The monoisotopic (exact) mass is 279 g/mol. The summed E-state index contributed by atoms with van der Waals surface area (Å²) < 4.78 is 12.8. The molecule has 0 saturated carbocycles. The molecule has 6 heteroatoms. The molecule has 0 aliphatic heterocycles. The minimum absolute atomic E-state index is 0.113. The lowest BCUT2D eigenvalue weighted by Gasteiger charge is -2.02. The summed E-state index contributed by atoms with van der Waals surface area (Å²) in [5.74, 6) is -0.824. The van der Waals surface area contributed by atoms with Gasteiger partial charge in [0.2, 0.25) is 0 Å². The Kier molecular flexibility index (Phi) is 3.57. The van der Waals surface area contributed by atoms with Crippen molar-refractivity contribution in [2.45, 2.75) is 0 Å². The third-order valence-electron chi connectivity index (χ3n) is 2.51. The van der Waals surface area contributed by atoms with Crippen molar-refractivity contribution in [2.75, 3.05) is 0 Å². The molecule has 4 nitrogen and oxygen atoms in total. The molecule has 96 valence electrons. The van der Waals surface area contributed by atoms with Crippen LogP contribution < -0.4 is 0 Å². The second kappa shape index (κ2) is 5.16. The van der Waals surface area contributed by atoms with Crippen LogP contribution >= 0.6 is 11.6 Å². The Labute approximate surface area is 112 Å². The topological polar surface area (TPSA) is 60.2 Å². The van der Waals surface area contributed by atoms with Gasteiger partial charge in [-0.2, -0.15) is 0 Å². The number of nitrogens with zero attached hydrogens (tertiary/aromatic N) is 1. The molecule has 0 aromatic heterocycles. The molecule has 2 aromatic carbocycles. The first kappa shape index (κ1) is 13.2. The minimum atomic E-state index is -0.630. The zero-order valence-electron chi connectivity index (χ0n) is 9.47. The van der Waals surface area contributed by atoms with Crippen LogP contribution in [-0.4, -0.2) is 10.7 Å². The average Bonchev–Trinajstić information content (AvgIpc) is 2.38. The Bertz CT molecular complexity index is 655. The van der Waals surface area contributed by atoms with Crippen LogP contribution in [0.25, 0.3) is 0 Å². The second-order valence-electron chi connectivity index (χ2n) is 3.76. The number of ketones is 1. The summed E-state index contributed by atoms with van der Waals surface area (Å²) in [5, 5.41) is 10.5. The number of hydrogen-bond acceptors (Lipinski definition) is 3. The molecule has 0 fully saturated rings. The maximum atomic E-state index is 12.8. The van der Waals surface area contributed by atoms with Gasteiger partial charge in [0.1, 0.15) is 10.8 Å². The van der Waals surface area contributed by atoms with Gasteiger partial charge in [-0.3, -0.25) is 14.9 Å². The number of nitro benzene ring substituents is 1. The highest BCUT2D eigenvalue weighted by molar-refractivity contribution is 6.33. The number of nitro groups is 1. The van der Waals surface area contributed by atoms with Gasteiger partial charge in [0.05, 0.1) is 4.92 Å². The zero-order valence-corrected chi connectivity index (χ0v) is 10.2. The van der Waals surface area contributed by atoms with Gasteiger partial charge in [0, 0.05) is 17.2 Å². The minimum Gasteiger partial charge on any atom is -0.289 e. The van der Waals surface area contributed by atoms with E-state index in [-0.39, 0.29) is 27.6 Å². The highest BCUT2D eigenvalue weighted by atomic mass is 35.5. The van der Waals surface area contributed by atoms with Crippen LogP contribution in [0.4, 0.5) is 10.1 Å². The normalized spacial score (nSPS) is 10.2. The van der Waals surface area contributed by atoms with Crippen molar-refractivity contribution in [1.29, 1.82) is 0 Å². The number of carbonyl (C=O) groups is 1. The van der Waals surface area contributed by atoms with E-state index < -0.39 is 10.7 Å². The number of rotatable bonds is 3. The number of carbonyl (C=O) groups excluding carboxylic acids is 1. The van der Waals surface area contributed by atoms with E-state index in [1.54, 1.807) is 0 Å². The van der Waals surface area contributed by atoms with Gasteiger partial charge in [-0.1, -0.05) is 11.6 Å². The Balaban J connectivity index is 2.37. The first-order valence-electron chi connectivity index (χ1n) is 5.23. The Morgan fingerprint density at radius 1 is 1.11 bits per heavy atom. The quantitative estimate of drug-likeness (QED) is 0.490. The molecule has 19 heavy (non-hydrogen) atoms. The summed E-state index contributed by atoms with van der Waals surface area (Å²) in [6, 6.07) is 8.72. The number of halogens is 2. The van der Waals surface area contributed by atoms with E-state index >= 15 is 0 Å². The lowest BCUT2D eigenvalue weighted by molar-refractivity contribution is -0.384. The molecule has 0 heterocycles. The summed E-state index contributed by atoms with van der Waals surface area (Å²) in [4.78, 5) is 22.0. The van der Waals surface area contributed by atoms with Gasteiger partial charge in [0.25, 0.3) is 5.69 Å². The van der Waals surface area contributed by atoms with Crippen LogP contribution in [-0.2, 0) is 0 Å². The fourth-order valence-corrected chi connectivity index (χ4v) is 1.81. The summed E-state index contributed by atoms with van der Waals surface area (Å²) >= 11 is 5.73. The third kappa shape index (κ3) is 2.77. The van der Waals surface area contributed by atoms with Crippen LogP contribution in [0.1, 0.15) is 15.9 Å². The first-order valence-corrected chi connectivity index (χ1v) is 5.61. The largest absolute Gasteiger partial charge is 0.289 e. The fourth-order valence-electron chi connectivity index (χ4n) is 1.56. The van der Waals surface area contributed by atoms with Crippen molar-refractivity contribution in [3.63, 3.8) is 0 Å². The molecule has 0 unspecified atom stereocenters. The number of benzene rings is 2. The molecule has 2 rings (SSSR count). The second-order valence-corrected chi connectivity index (χ2v) is 4.17.